The SMILES string of the molecule is c1ccc(-n2c3ccccc3c3cc(-n4c5ccccc5c5c6oc7ccc(-n8c9ccccc9c9cc(-n%10c%11ccccc%11c%11ccccc%11%10)ccc98)cc7c6ccc54)ccc32)cc1. The highest BCUT2D eigenvalue weighted by atomic mass is 16.3. The van der Waals surface area contributed by atoms with Crippen molar-refractivity contribution >= 4 is 109 Å². The van der Waals surface area contributed by atoms with Gasteiger partial charge in [-0.1, -0.05) is 109 Å². The van der Waals surface area contributed by atoms with Gasteiger partial charge in [0, 0.05) is 71.2 Å². The number of furan rings is 1. The van der Waals surface area contributed by atoms with Crippen LogP contribution in [-0.4, -0.2) is 18.3 Å². The van der Waals surface area contributed by atoms with Gasteiger partial charge in [-0.05, 0) is 109 Å². The van der Waals surface area contributed by atoms with E-state index in [1.54, 1.807) is 0 Å². The van der Waals surface area contributed by atoms with Crippen molar-refractivity contribution in [1.29, 1.82) is 0 Å². The molecule has 0 aliphatic heterocycles. The minimum atomic E-state index is 0.873. The van der Waals surface area contributed by atoms with Crippen LogP contribution in [0.2, 0.25) is 0 Å². The molecule has 5 heteroatoms. The highest BCUT2D eigenvalue weighted by Crippen LogP contribution is 2.43. The fraction of sp³-hybridized carbons (Fsp3) is 0. The predicted octanol–water partition coefficient (Wildman–Crippen LogP) is 16.0. The molecule has 10 aromatic carbocycles. The van der Waals surface area contributed by atoms with Gasteiger partial charge >= 0.3 is 0 Å². The molecule has 0 atom stereocenters. The first-order chi connectivity index (χ1) is 32.3. The van der Waals surface area contributed by atoms with Crippen LogP contribution in [0.5, 0.6) is 0 Å². The molecular weight excluding hydrogens is 793 g/mol. The number of hydrogen-bond acceptors (Lipinski definition) is 1. The van der Waals surface area contributed by atoms with E-state index >= 15 is 0 Å². The molecule has 5 aromatic heterocycles. The zero-order valence-corrected chi connectivity index (χ0v) is 35.0. The third-order valence-electron chi connectivity index (χ3n) is 13.9. The van der Waals surface area contributed by atoms with Crippen molar-refractivity contribution < 1.29 is 4.42 Å². The number of hydrogen-bond donors (Lipinski definition) is 0. The van der Waals surface area contributed by atoms with Crippen molar-refractivity contribution in [2.24, 2.45) is 0 Å². The van der Waals surface area contributed by atoms with E-state index in [4.69, 9.17) is 4.42 Å². The molecule has 0 amide bonds. The lowest BCUT2D eigenvalue weighted by Crippen LogP contribution is -1.95. The Hall–Kier alpha value is -8.80. The lowest BCUT2D eigenvalue weighted by molar-refractivity contribution is 0.673. The van der Waals surface area contributed by atoms with Crippen LogP contribution in [0.25, 0.3) is 132 Å². The van der Waals surface area contributed by atoms with E-state index in [-0.39, 0.29) is 0 Å². The van der Waals surface area contributed by atoms with Crippen LogP contribution in [0.1, 0.15) is 0 Å². The molecule has 0 fully saturated rings. The summed E-state index contributed by atoms with van der Waals surface area (Å²) in [6.07, 6.45) is 0. The molecule has 0 aliphatic rings. The van der Waals surface area contributed by atoms with Gasteiger partial charge in [0.05, 0.1) is 49.5 Å². The fourth-order valence-corrected chi connectivity index (χ4v) is 11.2. The van der Waals surface area contributed by atoms with Crippen LogP contribution in [-0.2, 0) is 0 Å². The number of para-hydroxylation sites is 6. The fourth-order valence-electron chi connectivity index (χ4n) is 11.2. The summed E-state index contributed by atoms with van der Waals surface area (Å²) in [6, 6.07) is 79.4. The molecule has 5 heterocycles. The molecule has 0 spiro atoms. The van der Waals surface area contributed by atoms with E-state index in [9.17, 15) is 0 Å². The van der Waals surface area contributed by atoms with Crippen molar-refractivity contribution in [2.75, 3.05) is 0 Å². The first-order valence-corrected chi connectivity index (χ1v) is 22.3. The van der Waals surface area contributed by atoms with Gasteiger partial charge in [-0.25, -0.2) is 0 Å². The molecule has 0 bridgehead atoms. The summed E-state index contributed by atoms with van der Waals surface area (Å²) in [7, 11) is 0. The van der Waals surface area contributed by atoms with E-state index in [1.165, 1.54) is 65.3 Å². The normalized spacial score (nSPS) is 12.3. The standard InChI is InChI=1S/C60H36N4O/c1-2-14-37(15-3-1)61-52-23-11-6-18-43(52)47-35-39(27-30-55(47)61)64-54-25-13-8-20-46(54)59-57(64)32-29-45-49-36-40(28-33-58(49)65-60(45)59)63-53-24-12-7-19-44(53)48-34-38(26-31-56(48)63)62-50-21-9-4-16-41(50)42-17-5-10-22-51(42)62/h1-36H. The Labute approximate surface area is 371 Å². The quantitative estimate of drug-likeness (QED) is 0.174. The molecule has 302 valence electrons. The number of aromatic nitrogens is 4. The molecule has 0 saturated carbocycles. The molecule has 5 nitrogen and oxygen atoms in total. The Morgan fingerprint density at radius 2 is 0.600 bits per heavy atom. The Balaban J connectivity index is 0.918. The minimum absolute atomic E-state index is 0.873. The van der Waals surface area contributed by atoms with Gasteiger partial charge in [-0.2, -0.15) is 0 Å². The second-order valence-electron chi connectivity index (χ2n) is 17.3. The second kappa shape index (κ2) is 12.9. The van der Waals surface area contributed by atoms with Gasteiger partial charge in [0.25, 0.3) is 0 Å². The Morgan fingerprint density at radius 3 is 1.14 bits per heavy atom. The molecule has 0 radical (unpaired) electrons. The first kappa shape index (κ1) is 34.7. The predicted molar refractivity (Wildman–Crippen MR) is 271 cm³/mol. The highest BCUT2D eigenvalue weighted by Gasteiger charge is 2.22. The molecule has 0 unspecified atom stereocenters. The van der Waals surface area contributed by atoms with Crippen molar-refractivity contribution in [1.82, 2.24) is 18.3 Å². The van der Waals surface area contributed by atoms with Gasteiger partial charge in [0.15, 0.2) is 0 Å². The summed E-state index contributed by atoms with van der Waals surface area (Å²) < 4.78 is 16.5. The zero-order valence-electron chi connectivity index (χ0n) is 35.0. The largest absolute Gasteiger partial charge is 0.455 e. The third kappa shape index (κ3) is 4.71. The highest BCUT2D eigenvalue weighted by molar-refractivity contribution is 6.24. The van der Waals surface area contributed by atoms with Crippen LogP contribution in [0.15, 0.2) is 223 Å². The summed E-state index contributed by atoms with van der Waals surface area (Å²) in [4.78, 5) is 0. The monoisotopic (exact) mass is 828 g/mol. The molecular formula is C60H36N4O. The lowest BCUT2D eigenvalue weighted by Gasteiger charge is -2.10. The summed E-state index contributed by atoms with van der Waals surface area (Å²) in [5, 5.41) is 11.9. The Bertz CT molecular complexity index is 4420. The van der Waals surface area contributed by atoms with Crippen LogP contribution < -0.4 is 0 Å². The van der Waals surface area contributed by atoms with E-state index in [2.05, 4.69) is 237 Å². The summed E-state index contributed by atoms with van der Waals surface area (Å²) in [5.41, 5.74) is 15.7. The van der Waals surface area contributed by atoms with E-state index in [1.807, 2.05) is 0 Å². The van der Waals surface area contributed by atoms with Crippen molar-refractivity contribution in [3.63, 3.8) is 0 Å². The van der Waals surface area contributed by atoms with Crippen LogP contribution in [0, 0.1) is 0 Å². The van der Waals surface area contributed by atoms with Crippen LogP contribution >= 0.6 is 0 Å². The van der Waals surface area contributed by atoms with E-state index in [0.717, 1.165) is 66.6 Å². The zero-order chi connectivity index (χ0) is 42.3. The topological polar surface area (TPSA) is 32.9 Å². The van der Waals surface area contributed by atoms with Crippen molar-refractivity contribution in [3.05, 3.63) is 218 Å². The van der Waals surface area contributed by atoms with Gasteiger partial charge in [0.1, 0.15) is 11.2 Å². The summed E-state index contributed by atoms with van der Waals surface area (Å²) in [5.74, 6) is 0. The minimum Gasteiger partial charge on any atom is -0.455 e. The number of rotatable bonds is 4. The second-order valence-corrected chi connectivity index (χ2v) is 17.3. The number of nitrogens with zero attached hydrogens (tertiary/aromatic N) is 4. The van der Waals surface area contributed by atoms with Crippen molar-refractivity contribution in [2.45, 2.75) is 0 Å². The molecule has 0 saturated heterocycles. The average Bonchev–Trinajstić information content (AvgIpc) is 4.16. The molecule has 0 aliphatic carbocycles. The van der Waals surface area contributed by atoms with Crippen LogP contribution in [0.3, 0.4) is 0 Å². The molecule has 15 rings (SSSR count). The number of benzene rings is 10. The number of fused-ring (bicyclic) bond motifs is 16. The van der Waals surface area contributed by atoms with Crippen LogP contribution in [0.4, 0.5) is 0 Å². The van der Waals surface area contributed by atoms with Gasteiger partial charge in [-0.3, -0.25) is 0 Å². The molecule has 15 aromatic rings. The molecule has 0 N–H and O–H groups in total. The Kier molecular flexibility index (Phi) is 6.89. The maximum atomic E-state index is 6.95. The maximum absolute atomic E-state index is 6.95. The van der Waals surface area contributed by atoms with Gasteiger partial charge in [0.2, 0.25) is 0 Å². The van der Waals surface area contributed by atoms with Gasteiger partial charge < -0.3 is 22.7 Å². The van der Waals surface area contributed by atoms with Gasteiger partial charge in [-0.15, -0.1) is 0 Å². The summed E-state index contributed by atoms with van der Waals surface area (Å²) >= 11 is 0. The third-order valence-corrected chi connectivity index (χ3v) is 13.9. The maximum Gasteiger partial charge on any atom is 0.145 e. The van der Waals surface area contributed by atoms with E-state index < -0.39 is 0 Å². The first-order valence-electron chi connectivity index (χ1n) is 22.3. The summed E-state index contributed by atoms with van der Waals surface area (Å²) in [6.45, 7) is 0. The smallest absolute Gasteiger partial charge is 0.145 e. The van der Waals surface area contributed by atoms with Crippen molar-refractivity contribution in [3.8, 4) is 22.7 Å². The van der Waals surface area contributed by atoms with E-state index in [0.29, 0.717) is 0 Å². The average molecular weight is 829 g/mol. The Morgan fingerprint density at radius 1 is 0.231 bits per heavy atom. The lowest BCUT2D eigenvalue weighted by atomic mass is 10.1. The molecule has 65 heavy (non-hydrogen) atoms.